The Morgan fingerprint density at radius 3 is 2.45 bits per heavy atom. The number of benzene rings is 2. The van der Waals surface area contributed by atoms with Gasteiger partial charge in [0.15, 0.2) is 0 Å². The summed E-state index contributed by atoms with van der Waals surface area (Å²) in [6, 6.07) is 15.8. The topological polar surface area (TPSA) is 12.0 Å². The van der Waals surface area contributed by atoms with Crippen LogP contribution in [0.25, 0.3) is 0 Å². The number of rotatable bonds is 5. The molecule has 0 spiro atoms. The summed E-state index contributed by atoms with van der Waals surface area (Å²) in [5.74, 6) is 0.658. The van der Waals surface area contributed by atoms with Crippen LogP contribution in [0.3, 0.4) is 0 Å². The number of halogens is 1. The van der Waals surface area contributed by atoms with E-state index in [2.05, 4.69) is 29.6 Å². The maximum atomic E-state index is 13.7. The van der Waals surface area contributed by atoms with Crippen molar-refractivity contribution in [1.82, 2.24) is 5.32 Å². The molecule has 1 aliphatic rings. The summed E-state index contributed by atoms with van der Waals surface area (Å²) in [7, 11) is 0. The van der Waals surface area contributed by atoms with Crippen molar-refractivity contribution in [3.63, 3.8) is 0 Å². The number of hydrogen-bond donors (Lipinski definition) is 1. The van der Waals surface area contributed by atoms with E-state index < -0.39 is 0 Å². The predicted molar refractivity (Wildman–Crippen MR) is 80.1 cm³/mol. The van der Waals surface area contributed by atoms with Crippen LogP contribution < -0.4 is 5.32 Å². The molecule has 0 aromatic heterocycles. The van der Waals surface area contributed by atoms with Crippen molar-refractivity contribution in [3.05, 3.63) is 71.0 Å². The quantitative estimate of drug-likeness (QED) is 0.839. The molecular weight excluding hydrogens is 249 g/mol. The van der Waals surface area contributed by atoms with Gasteiger partial charge in [0, 0.05) is 18.2 Å². The zero-order valence-electron chi connectivity index (χ0n) is 11.8. The molecule has 0 unspecified atom stereocenters. The van der Waals surface area contributed by atoms with Crippen molar-refractivity contribution < 1.29 is 4.39 Å². The molecule has 0 heterocycles. The van der Waals surface area contributed by atoms with E-state index in [4.69, 9.17) is 0 Å². The van der Waals surface area contributed by atoms with Crippen molar-refractivity contribution in [3.8, 4) is 0 Å². The molecule has 1 N–H and O–H groups in total. The van der Waals surface area contributed by atoms with Gasteiger partial charge in [-0.05, 0) is 42.9 Å². The van der Waals surface area contributed by atoms with E-state index in [1.807, 2.05) is 19.1 Å². The largest absolute Gasteiger partial charge is 0.306 e. The molecule has 3 rings (SSSR count). The summed E-state index contributed by atoms with van der Waals surface area (Å²) in [5, 5.41) is 3.38. The molecule has 0 aliphatic heterocycles. The van der Waals surface area contributed by atoms with E-state index in [1.54, 1.807) is 6.07 Å². The van der Waals surface area contributed by atoms with Crippen molar-refractivity contribution in [1.29, 1.82) is 0 Å². The summed E-state index contributed by atoms with van der Waals surface area (Å²) in [5.41, 5.74) is 3.43. The van der Waals surface area contributed by atoms with Crippen LogP contribution in [0.4, 0.5) is 4.39 Å². The highest BCUT2D eigenvalue weighted by molar-refractivity contribution is 5.28. The first-order valence-corrected chi connectivity index (χ1v) is 7.30. The molecule has 20 heavy (non-hydrogen) atoms. The minimum Gasteiger partial charge on any atom is -0.306 e. The lowest BCUT2D eigenvalue weighted by atomic mass is 10.1. The highest BCUT2D eigenvalue weighted by Gasteiger charge is 2.22. The van der Waals surface area contributed by atoms with E-state index in [0.29, 0.717) is 0 Å². The first-order valence-electron chi connectivity index (χ1n) is 7.30. The molecule has 1 fully saturated rings. The van der Waals surface area contributed by atoms with Crippen LogP contribution in [0.2, 0.25) is 0 Å². The SMILES string of the molecule is C[C@@H](NCc1ccc(C2CC2)cc1)c1ccccc1F. The Bertz CT molecular complexity index is 572. The summed E-state index contributed by atoms with van der Waals surface area (Å²) >= 11 is 0. The van der Waals surface area contributed by atoms with Gasteiger partial charge in [0.2, 0.25) is 0 Å². The minimum absolute atomic E-state index is 0.0132. The van der Waals surface area contributed by atoms with Crippen molar-refractivity contribution in [2.45, 2.75) is 38.3 Å². The van der Waals surface area contributed by atoms with Gasteiger partial charge in [0.25, 0.3) is 0 Å². The molecule has 1 atom stereocenters. The van der Waals surface area contributed by atoms with Crippen LogP contribution in [0, 0.1) is 5.82 Å². The average Bonchev–Trinajstić information content (AvgIpc) is 3.30. The Morgan fingerprint density at radius 1 is 1.10 bits per heavy atom. The van der Waals surface area contributed by atoms with Crippen LogP contribution in [-0.4, -0.2) is 0 Å². The van der Waals surface area contributed by atoms with Gasteiger partial charge in [0.1, 0.15) is 5.82 Å². The lowest BCUT2D eigenvalue weighted by Crippen LogP contribution is -2.19. The number of hydrogen-bond acceptors (Lipinski definition) is 1. The third kappa shape index (κ3) is 3.07. The highest BCUT2D eigenvalue weighted by Crippen LogP contribution is 2.39. The van der Waals surface area contributed by atoms with Gasteiger partial charge in [-0.2, -0.15) is 0 Å². The Balaban J connectivity index is 1.59. The molecule has 0 radical (unpaired) electrons. The van der Waals surface area contributed by atoms with Gasteiger partial charge < -0.3 is 5.32 Å². The first-order chi connectivity index (χ1) is 9.74. The maximum absolute atomic E-state index is 13.7. The summed E-state index contributed by atoms with van der Waals surface area (Å²) < 4.78 is 13.7. The maximum Gasteiger partial charge on any atom is 0.127 e. The fourth-order valence-electron chi connectivity index (χ4n) is 2.53. The Kier molecular flexibility index (Phi) is 3.83. The molecular formula is C18H20FN. The third-order valence-electron chi connectivity index (χ3n) is 4.01. The van der Waals surface area contributed by atoms with Gasteiger partial charge in [-0.25, -0.2) is 4.39 Å². The number of nitrogens with one attached hydrogen (secondary N) is 1. The lowest BCUT2D eigenvalue weighted by Gasteiger charge is -2.15. The molecule has 2 aromatic rings. The normalized spacial score (nSPS) is 16.1. The van der Waals surface area contributed by atoms with Crippen LogP contribution in [0.1, 0.15) is 48.4 Å². The lowest BCUT2D eigenvalue weighted by molar-refractivity contribution is 0.528. The van der Waals surface area contributed by atoms with Gasteiger partial charge in [-0.3, -0.25) is 0 Å². The average molecular weight is 269 g/mol. The monoisotopic (exact) mass is 269 g/mol. The Hall–Kier alpha value is -1.67. The molecule has 0 bridgehead atoms. The van der Waals surface area contributed by atoms with Gasteiger partial charge in [-0.1, -0.05) is 42.5 Å². The minimum atomic E-state index is -0.142. The van der Waals surface area contributed by atoms with Crippen molar-refractivity contribution in [2.24, 2.45) is 0 Å². The van der Waals surface area contributed by atoms with Crippen molar-refractivity contribution in [2.75, 3.05) is 0 Å². The van der Waals surface area contributed by atoms with Gasteiger partial charge in [-0.15, -0.1) is 0 Å². The molecule has 1 saturated carbocycles. The molecule has 1 nitrogen and oxygen atoms in total. The molecule has 2 aromatic carbocycles. The van der Waals surface area contributed by atoms with E-state index in [1.165, 1.54) is 30.0 Å². The van der Waals surface area contributed by atoms with Gasteiger partial charge >= 0.3 is 0 Å². The standard InChI is InChI=1S/C18H20FN/c1-13(17-4-2-3-5-18(17)19)20-12-14-6-8-15(9-7-14)16-10-11-16/h2-9,13,16,20H,10-12H2,1H3/t13-/m1/s1. The zero-order chi connectivity index (χ0) is 13.9. The van der Waals surface area contributed by atoms with Crippen LogP contribution >= 0.6 is 0 Å². The van der Waals surface area contributed by atoms with Crippen LogP contribution in [0.5, 0.6) is 0 Å². The molecule has 0 saturated heterocycles. The summed E-state index contributed by atoms with van der Waals surface area (Å²) in [6.07, 6.45) is 2.67. The van der Waals surface area contributed by atoms with Crippen molar-refractivity contribution >= 4 is 0 Å². The fraction of sp³-hybridized carbons (Fsp3) is 0.333. The summed E-state index contributed by atoms with van der Waals surface area (Å²) in [6.45, 7) is 2.76. The fourth-order valence-corrected chi connectivity index (χ4v) is 2.53. The molecule has 1 aliphatic carbocycles. The second-order valence-electron chi connectivity index (χ2n) is 5.64. The highest BCUT2D eigenvalue weighted by atomic mass is 19.1. The van der Waals surface area contributed by atoms with Crippen LogP contribution in [-0.2, 0) is 6.54 Å². The third-order valence-corrected chi connectivity index (χ3v) is 4.01. The van der Waals surface area contributed by atoms with E-state index in [0.717, 1.165) is 18.0 Å². The van der Waals surface area contributed by atoms with E-state index >= 15 is 0 Å². The second-order valence-corrected chi connectivity index (χ2v) is 5.64. The molecule has 104 valence electrons. The molecule has 2 heteroatoms. The Morgan fingerprint density at radius 2 is 1.80 bits per heavy atom. The molecule has 0 amide bonds. The van der Waals surface area contributed by atoms with E-state index in [-0.39, 0.29) is 11.9 Å². The summed E-state index contributed by atoms with van der Waals surface area (Å²) in [4.78, 5) is 0. The zero-order valence-corrected chi connectivity index (χ0v) is 11.8. The predicted octanol–water partition coefficient (Wildman–Crippen LogP) is 4.55. The smallest absolute Gasteiger partial charge is 0.127 e. The first kappa shape index (κ1) is 13.3. The van der Waals surface area contributed by atoms with E-state index in [9.17, 15) is 4.39 Å². The van der Waals surface area contributed by atoms with Crippen LogP contribution in [0.15, 0.2) is 48.5 Å². The second kappa shape index (κ2) is 5.76. The van der Waals surface area contributed by atoms with Gasteiger partial charge in [0.05, 0.1) is 0 Å². The Labute approximate surface area is 119 Å².